The van der Waals surface area contributed by atoms with Gasteiger partial charge < -0.3 is 15.5 Å². The van der Waals surface area contributed by atoms with Crippen molar-refractivity contribution in [3.8, 4) is 0 Å². The highest BCUT2D eigenvalue weighted by Crippen LogP contribution is 2.37. The van der Waals surface area contributed by atoms with Gasteiger partial charge in [-0.1, -0.05) is 11.6 Å². The number of rotatable bonds is 3. The van der Waals surface area contributed by atoms with Gasteiger partial charge in [0.1, 0.15) is 0 Å². The van der Waals surface area contributed by atoms with Gasteiger partial charge in [-0.25, -0.2) is 0 Å². The van der Waals surface area contributed by atoms with Crippen LogP contribution in [-0.4, -0.2) is 42.9 Å². The molecule has 22 heavy (non-hydrogen) atoms. The van der Waals surface area contributed by atoms with Crippen molar-refractivity contribution in [3.05, 3.63) is 29.3 Å². The molecule has 1 aromatic carbocycles. The lowest BCUT2D eigenvalue weighted by Crippen LogP contribution is -2.45. The maximum atomic E-state index is 12.3. The van der Waals surface area contributed by atoms with E-state index in [1.54, 1.807) is 12.1 Å². The molecule has 0 aromatic heterocycles. The van der Waals surface area contributed by atoms with Crippen molar-refractivity contribution in [2.24, 2.45) is 5.41 Å². The Balaban J connectivity index is 1.48. The van der Waals surface area contributed by atoms with Crippen LogP contribution in [0.1, 0.15) is 19.3 Å². The Morgan fingerprint density at radius 1 is 1.27 bits per heavy atom. The summed E-state index contributed by atoms with van der Waals surface area (Å²) in [6.45, 7) is 2.51. The molecule has 2 aliphatic heterocycles. The average Bonchev–Trinajstić information content (AvgIpc) is 2.88. The zero-order chi connectivity index (χ0) is 15.6. The first-order valence-corrected chi connectivity index (χ1v) is 7.98. The van der Waals surface area contributed by atoms with Crippen LogP contribution in [0.5, 0.6) is 0 Å². The number of nitrogens with zero attached hydrogens (tertiary/aromatic N) is 1. The summed E-state index contributed by atoms with van der Waals surface area (Å²) in [5, 5.41) is 6.71. The quantitative estimate of drug-likeness (QED) is 0.893. The van der Waals surface area contributed by atoms with Crippen molar-refractivity contribution in [1.82, 2.24) is 10.2 Å². The Morgan fingerprint density at radius 2 is 1.95 bits per heavy atom. The highest BCUT2D eigenvalue weighted by Gasteiger charge is 2.41. The molecule has 2 fully saturated rings. The Bertz CT molecular complexity index is 565. The van der Waals surface area contributed by atoms with Gasteiger partial charge in [-0.05, 0) is 42.5 Å². The average molecular weight is 322 g/mol. The van der Waals surface area contributed by atoms with Gasteiger partial charge in [0, 0.05) is 36.8 Å². The van der Waals surface area contributed by atoms with E-state index >= 15 is 0 Å². The Morgan fingerprint density at radius 3 is 2.55 bits per heavy atom. The Labute approximate surface area is 135 Å². The summed E-state index contributed by atoms with van der Waals surface area (Å²) < 4.78 is 0. The zero-order valence-electron chi connectivity index (χ0n) is 12.4. The highest BCUT2D eigenvalue weighted by molar-refractivity contribution is 6.30. The van der Waals surface area contributed by atoms with Crippen molar-refractivity contribution in [1.29, 1.82) is 0 Å². The second-order valence-electron chi connectivity index (χ2n) is 6.19. The molecule has 0 saturated carbocycles. The van der Waals surface area contributed by atoms with E-state index in [1.807, 2.05) is 17.0 Å². The van der Waals surface area contributed by atoms with Gasteiger partial charge in [0.25, 0.3) is 0 Å². The summed E-state index contributed by atoms with van der Waals surface area (Å²) in [5.74, 6) is 0.242. The van der Waals surface area contributed by atoms with Crippen molar-refractivity contribution < 1.29 is 9.59 Å². The molecule has 5 nitrogen and oxygen atoms in total. The fourth-order valence-corrected chi connectivity index (χ4v) is 3.32. The summed E-state index contributed by atoms with van der Waals surface area (Å²) in [5.41, 5.74) is 0.967. The van der Waals surface area contributed by atoms with Gasteiger partial charge >= 0.3 is 0 Å². The number of piperidine rings is 1. The molecule has 0 radical (unpaired) electrons. The third kappa shape index (κ3) is 3.35. The van der Waals surface area contributed by atoms with Gasteiger partial charge in [-0.2, -0.15) is 0 Å². The minimum atomic E-state index is 0.0808. The molecule has 6 heteroatoms. The molecule has 1 aromatic rings. The fourth-order valence-electron chi connectivity index (χ4n) is 3.19. The van der Waals surface area contributed by atoms with Crippen LogP contribution in [0.2, 0.25) is 5.02 Å². The Hall–Kier alpha value is -1.75. The minimum absolute atomic E-state index is 0.0808. The molecule has 0 unspecified atom stereocenters. The van der Waals surface area contributed by atoms with E-state index < -0.39 is 0 Å². The molecule has 0 atom stereocenters. The molecule has 1 spiro atoms. The van der Waals surface area contributed by atoms with Crippen molar-refractivity contribution in [2.45, 2.75) is 19.3 Å². The van der Waals surface area contributed by atoms with E-state index in [0.717, 1.165) is 38.2 Å². The SMILES string of the molecule is O=C1CC2(CCN(C(=O)CNc3ccc(Cl)cc3)CC2)CN1. The number of hydrogen-bond donors (Lipinski definition) is 2. The summed E-state index contributed by atoms with van der Waals surface area (Å²) in [7, 11) is 0. The molecular formula is C16H20ClN3O2. The number of carbonyl (C=O) groups excluding carboxylic acids is 2. The predicted molar refractivity (Wildman–Crippen MR) is 85.8 cm³/mol. The number of likely N-dealkylation sites (tertiary alicyclic amines) is 1. The fraction of sp³-hybridized carbons (Fsp3) is 0.500. The van der Waals surface area contributed by atoms with E-state index in [0.29, 0.717) is 11.4 Å². The lowest BCUT2D eigenvalue weighted by molar-refractivity contribution is -0.131. The van der Waals surface area contributed by atoms with Crippen molar-refractivity contribution in [3.63, 3.8) is 0 Å². The molecular weight excluding hydrogens is 302 g/mol. The van der Waals surface area contributed by atoms with Crippen LogP contribution in [0.25, 0.3) is 0 Å². The first-order valence-electron chi connectivity index (χ1n) is 7.60. The number of carbonyl (C=O) groups is 2. The molecule has 3 rings (SSSR count). The van der Waals surface area contributed by atoms with Crippen LogP contribution < -0.4 is 10.6 Å². The van der Waals surface area contributed by atoms with Gasteiger partial charge in [0.2, 0.25) is 11.8 Å². The highest BCUT2D eigenvalue weighted by atomic mass is 35.5. The molecule has 0 aliphatic carbocycles. The van der Waals surface area contributed by atoms with Crippen LogP contribution in [0.15, 0.2) is 24.3 Å². The third-order valence-corrected chi connectivity index (χ3v) is 4.91. The number of amides is 2. The molecule has 0 bridgehead atoms. The van der Waals surface area contributed by atoms with E-state index in [1.165, 1.54) is 0 Å². The first-order chi connectivity index (χ1) is 10.6. The molecule has 2 N–H and O–H groups in total. The molecule has 2 amide bonds. The summed E-state index contributed by atoms with van der Waals surface area (Å²) in [6, 6.07) is 7.31. The number of halogens is 1. The Kier molecular flexibility index (Phi) is 4.25. The van der Waals surface area contributed by atoms with Gasteiger partial charge in [-0.15, -0.1) is 0 Å². The molecule has 2 heterocycles. The van der Waals surface area contributed by atoms with Crippen LogP contribution in [-0.2, 0) is 9.59 Å². The predicted octanol–water partition coefficient (Wildman–Crippen LogP) is 1.88. The van der Waals surface area contributed by atoms with Crippen LogP contribution in [0, 0.1) is 5.41 Å². The normalized spacial score (nSPS) is 20.0. The maximum Gasteiger partial charge on any atom is 0.241 e. The number of nitrogens with one attached hydrogen (secondary N) is 2. The van der Waals surface area contributed by atoms with Crippen LogP contribution >= 0.6 is 11.6 Å². The van der Waals surface area contributed by atoms with Gasteiger partial charge in [0.05, 0.1) is 6.54 Å². The topological polar surface area (TPSA) is 61.4 Å². The molecule has 2 saturated heterocycles. The largest absolute Gasteiger partial charge is 0.376 e. The number of benzene rings is 1. The minimum Gasteiger partial charge on any atom is -0.376 e. The first kappa shape index (κ1) is 15.2. The summed E-state index contributed by atoms with van der Waals surface area (Å²) >= 11 is 5.83. The zero-order valence-corrected chi connectivity index (χ0v) is 13.2. The van der Waals surface area contributed by atoms with E-state index in [-0.39, 0.29) is 23.8 Å². The summed E-state index contributed by atoms with van der Waals surface area (Å²) in [6.07, 6.45) is 2.41. The lowest BCUT2D eigenvalue weighted by Gasteiger charge is -2.38. The number of hydrogen-bond acceptors (Lipinski definition) is 3. The van der Waals surface area contributed by atoms with Crippen LogP contribution in [0.4, 0.5) is 5.69 Å². The maximum absolute atomic E-state index is 12.3. The van der Waals surface area contributed by atoms with E-state index in [4.69, 9.17) is 11.6 Å². The van der Waals surface area contributed by atoms with E-state index in [2.05, 4.69) is 10.6 Å². The molecule has 2 aliphatic rings. The van der Waals surface area contributed by atoms with Gasteiger partial charge in [-0.3, -0.25) is 9.59 Å². The standard InChI is InChI=1S/C16H20ClN3O2/c17-12-1-3-13(4-2-12)18-10-15(22)20-7-5-16(6-8-20)9-14(21)19-11-16/h1-4,18H,5-11H2,(H,19,21). The van der Waals surface area contributed by atoms with Crippen molar-refractivity contribution >= 4 is 29.1 Å². The van der Waals surface area contributed by atoms with Crippen molar-refractivity contribution in [2.75, 3.05) is 31.5 Å². The monoisotopic (exact) mass is 321 g/mol. The molecule has 118 valence electrons. The number of anilines is 1. The summed E-state index contributed by atoms with van der Waals surface area (Å²) in [4.78, 5) is 25.6. The second-order valence-corrected chi connectivity index (χ2v) is 6.63. The smallest absolute Gasteiger partial charge is 0.241 e. The third-order valence-electron chi connectivity index (χ3n) is 4.66. The lowest BCUT2D eigenvalue weighted by atomic mass is 9.77. The van der Waals surface area contributed by atoms with E-state index in [9.17, 15) is 9.59 Å². The van der Waals surface area contributed by atoms with Gasteiger partial charge in [0.15, 0.2) is 0 Å². The second kappa shape index (κ2) is 6.16. The van der Waals surface area contributed by atoms with Crippen LogP contribution in [0.3, 0.4) is 0 Å².